The lowest BCUT2D eigenvalue weighted by atomic mass is 10.1. The van der Waals surface area contributed by atoms with Crippen LogP contribution < -0.4 is 5.32 Å². The van der Waals surface area contributed by atoms with E-state index in [1.807, 2.05) is 35.2 Å². The molecule has 28 heavy (non-hydrogen) atoms. The number of para-hydroxylation sites is 1. The highest BCUT2D eigenvalue weighted by Gasteiger charge is 2.50. The summed E-state index contributed by atoms with van der Waals surface area (Å²) in [6.07, 6.45) is 1.64. The summed E-state index contributed by atoms with van der Waals surface area (Å²) in [7, 11) is 0. The molecular formula is C21H22N4O2S. The van der Waals surface area contributed by atoms with Crippen LogP contribution in [0.5, 0.6) is 0 Å². The fraction of sp³-hybridized carbons (Fsp3) is 0.381. The van der Waals surface area contributed by atoms with Crippen LogP contribution in [0.25, 0.3) is 10.9 Å². The molecule has 3 aromatic rings. The quantitative estimate of drug-likeness (QED) is 0.709. The summed E-state index contributed by atoms with van der Waals surface area (Å²) in [5.41, 5.74) is 2.67. The van der Waals surface area contributed by atoms with Gasteiger partial charge >= 0.3 is 0 Å². The Balaban J connectivity index is 1.30. The molecule has 7 heteroatoms. The van der Waals surface area contributed by atoms with Crippen LogP contribution in [0.2, 0.25) is 0 Å². The number of aromatic nitrogens is 2. The first kappa shape index (κ1) is 17.4. The lowest BCUT2D eigenvalue weighted by molar-refractivity contribution is -0.118. The van der Waals surface area contributed by atoms with E-state index in [0.29, 0.717) is 30.3 Å². The van der Waals surface area contributed by atoms with Crippen molar-refractivity contribution in [3.63, 3.8) is 0 Å². The Hall–Kier alpha value is -2.67. The molecule has 0 bridgehead atoms. The molecule has 2 aromatic heterocycles. The molecule has 1 aromatic carbocycles. The first-order valence-corrected chi connectivity index (χ1v) is 10.4. The van der Waals surface area contributed by atoms with Gasteiger partial charge in [0.2, 0.25) is 5.91 Å². The molecule has 6 nitrogen and oxygen atoms in total. The molecule has 144 valence electrons. The number of aromatic amines is 1. The number of anilines is 1. The SMILES string of the molecule is CC1(C)CC1C(=O)Nc1nc2c(s1)CN(C(=O)c1cc3ccccc3[nH]1)CC2. The second kappa shape index (κ2) is 6.17. The molecule has 1 fully saturated rings. The Bertz CT molecular complexity index is 1060. The van der Waals surface area contributed by atoms with E-state index in [0.717, 1.165) is 27.9 Å². The predicted octanol–water partition coefficient (Wildman–Crippen LogP) is 3.81. The molecule has 1 aliphatic carbocycles. The van der Waals surface area contributed by atoms with E-state index in [1.165, 1.54) is 11.3 Å². The first-order valence-electron chi connectivity index (χ1n) is 9.57. The molecule has 1 aliphatic heterocycles. The number of amides is 2. The molecule has 1 atom stereocenters. The van der Waals surface area contributed by atoms with Crippen LogP contribution in [-0.4, -0.2) is 33.2 Å². The van der Waals surface area contributed by atoms with Crippen molar-refractivity contribution in [3.8, 4) is 0 Å². The minimum atomic E-state index is 0.000524. The van der Waals surface area contributed by atoms with E-state index in [9.17, 15) is 9.59 Å². The number of H-pyrrole nitrogens is 1. The van der Waals surface area contributed by atoms with Crippen molar-refractivity contribution >= 4 is 39.2 Å². The van der Waals surface area contributed by atoms with Crippen molar-refractivity contribution in [3.05, 3.63) is 46.6 Å². The Labute approximate surface area is 167 Å². The zero-order chi connectivity index (χ0) is 19.5. The van der Waals surface area contributed by atoms with E-state index in [1.54, 1.807) is 0 Å². The Morgan fingerprint density at radius 2 is 2.11 bits per heavy atom. The third-order valence-corrected chi connectivity index (χ3v) is 6.84. The summed E-state index contributed by atoms with van der Waals surface area (Å²) in [5, 5.41) is 4.66. The summed E-state index contributed by atoms with van der Waals surface area (Å²) in [4.78, 5) is 36.0. The largest absolute Gasteiger partial charge is 0.351 e. The molecule has 0 radical (unpaired) electrons. The lowest BCUT2D eigenvalue weighted by Gasteiger charge is -2.25. The van der Waals surface area contributed by atoms with Crippen LogP contribution >= 0.6 is 11.3 Å². The van der Waals surface area contributed by atoms with Gasteiger partial charge < -0.3 is 15.2 Å². The van der Waals surface area contributed by atoms with E-state index in [2.05, 4.69) is 29.1 Å². The van der Waals surface area contributed by atoms with E-state index in [4.69, 9.17) is 0 Å². The second-order valence-electron chi connectivity index (χ2n) is 8.37. The van der Waals surface area contributed by atoms with Gasteiger partial charge in [0, 0.05) is 34.7 Å². The molecule has 0 spiro atoms. The molecular weight excluding hydrogens is 372 g/mol. The highest BCUT2D eigenvalue weighted by Crippen LogP contribution is 2.52. The van der Waals surface area contributed by atoms with Crippen LogP contribution in [0.15, 0.2) is 30.3 Å². The van der Waals surface area contributed by atoms with Gasteiger partial charge in [0.1, 0.15) is 5.69 Å². The summed E-state index contributed by atoms with van der Waals surface area (Å²) in [6, 6.07) is 9.79. The number of carbonyl (C=O) groups is 2. The van der Waals surface area contributed by atoms with Gasteiger partial charge in [-0.25, -0.2) is 4.98 Å². The molecule has 2 aliphatic rings. The van der Waals surface area contributed by atoms with E-state index < -0.39 is 0 Å². The monoisotopic (exact) mass is 394 g/mol. The van der Waals surface area contributed by atoms with Crippen molar-refractivity contribution in [2.75, 3.05) is 11.9 Å². The van der Waals surface area contributed by atoms with E-state index >= 15 is 0 Å². The molecule has 1 saturated carbocycles. The number of nitrogens with one attached hydrogen (secondary N) is 2. The van der Waals surface area contributed by atoms with Crippen LogP contribution in [-0.2, 0) is 17.8 Å². The van der Waals surface area contributed by atoms with Gasteiger partial charge in [-0.1, -0.05) is 43.4 Å². The Kier molecular flexibility index (Phi) is 3.84. The fourth-order valence-electron chi connectivity index (χ4n) is 3.89. The van der Waals surface area contributed by atoms with Crippen molar-refractivity contribution in [2.24, 2.45) is 11.3 Å². The Morgan fingerprint density at radius 3 is 2.86 bits per heavy atom. The zero-order valence-corrected chi connectivity index (χ0v) is 16.7. The maximum atomic E-state index is 12.9. The van der Waals surface area contributed by atoms with Crippen LogP contribution in [0, 0.1) is 11.3 Å². The average Bonchev–Trinajstić information content (AvgIpc) is 3.01. The fourth-order valence-corrected chi connectivity index (χ4v) is 4.92. The standard InChI is InChI=1S/C21H22N4O2S/c1-21(2)10-13(21)18(26)24-20-23-15-7-8-25(11-17(15)28-20)19(27)16-9-12-5-3-4-6-14(12)22-16/h3-6,9,13,22H,7-8,10-11H2,1-2H3,(H,23,24,26). The van der Waals surface area contributed by atoms with Crippen LogP contribution in [0.3, 0.4) is 0 Å². The lowest BCUT2D eigenvalue weighted by Crippen LogP contribution is -2.35. The third kappa shape index (κ3) is 2.99. The number of rotatable bonds is 3. The zero-order valence-electron chi connectivity index (χ0n) is 15.9. The predicted molar refractivity (Wildman–Crippen MR) is 109 cm³/mol. The number of fused-ring (bicyclic) bond motifs is 2. The molecule has 2 N–H and O–H groups in total. The van der Waals surface area contributed by atoms with Gasteiger partial charge in [-0.2, -0.15) is 0 Å². The van der Waals surface area contributed by atoms with Gasteiger partial charge in [0.05, 0.1) is 12.2 Å². The summed E-state index contributed by atoms with van der Waals surface area (Å²) >= 11 is 1.48. The molecule has 1 unspecified atom stereocenters. The van der Waals surface area contributed by atoms with Crippen molar-refractivity contribution < 1.29 is 9.59 Å². The molecule has 0 saturated heterocycles. The summed E-state index contributed by atoms with van der Waals surface area (Å²) in [5.74, 6) is 0.135. The normalized spacial score (nSPS) is 20.1. The van der Waals surface area contributed by atoms with Gasteiger partial charge in [-0.15, -0.1) is 0 Å². The van der Waals surface area contributed by atoms with Crippen LogP contribution in [0.1, 0.15) is 41.3 Å². The smallest absolute Gasteiger partial charge is 0.270 e. The highest BCUT2D eigenvalue weighted by atomic mass is 32.1. The topological polar surface area (TPSA) is 78.1 Å². The number of carbonyl (C=O) groups excluding carboxylic acids is 2. The van der Waals surface area contributed by atoms with Gasteiger partial charge in [0.15, 0.2) is 5.13 Å². The number of hydrogen-bond donors (Lipinski definition) is 2. The van der Waals surface area contributed by atoms with Crippen molar-refractivity contribution in [1.82, 2.24) is 14.9 Å². The van der Waals surface area contributed by atoms with Crippen molar-refractivity contribution in [1.29, 1.82) is 0 Å². The number of nitrogens with zero attached hydrogens (tertiary/aromatic N) is 2. The Morgan fingerprint density at radius 1 is 1.32 bits per heavy atom. The maximum absolute atomic E-state index is 12.9. The maximum Gasteiger partial charge on any atom is 0.270 e. The van der Waals surface area contributed by atoms with Gasteiger partial charge in [0.25, 0.3) is 5.91 Å². The summed E-state index contributed by atoms with van der Waals surface area (Å²) in [6.45, 7) is 5.38. The third-order valence-electron chi connectivity index (χ3n) is 5.84. The van der Waals surface area contributed by atoms with Gasteiger partial charge in [-0.3, -0.25) is 9.59 Å². The number of benzene rings is 1. The van der Waals surface area contributed by atoms with E-state index in [-0.39, 0.29) is 23.1 Å². The number of thiazole rings is 1. The first-order chi connectivity index (χ1) is 13.4. The van der Waals surface area contributed by atoms with Crippen LogP contribution in [0.4, 0.5) is 5.13 Å². The molecule has 3 heterocycles. The summed E-state index contributed by atoms with van der Waals surface area (Å²) < 4.78 is 0. The number of hydrogen-bond acceptors (Lipinski definition) is 4. The van der Waals surface area contributed by atoms with Gasteiger partial charge in [-0.05, 0) is 24.0 Å². The molecule has 5 rings (SSSR count). The minimum absolute atomic E-state index is 0.000524. The highest BCUT2D eigenvalue weighted by molar-refractivity contribution is 7.15. The second-order valence-corrected chi connectivity index (χ2v) is 9.45. The molecule has 2 amide bonds. The average molecular weight is 395 g/mol. The van der Waals surface area contributed by atoms with Crippen molar-refractivity contribution in [2.45, 2.75) is 33.2 Å². The minimum Gasteiger partial charge on any atom is -0.351 e.